The van der Waals surface area contributed by atoms with Crippen LogP contribution >= 0.6 is 0 Å². The molecule has 2 rings (SSSR count). The van der Waals surface area contributed by atoms with Crippen LogP contribution in [-0.2, 0) is 4.79 Å². The summed E-state index contributed by atoms with van der Waals surface area (Å²) in [6.07, 6.45) is 1.53. The molecule has 0 aromatic heterocycles. The van der Waals surface area contributed by atoms with Gasteiger partial charge in [0, 0.05) is 44.6 Å². The molecule has 1 N–H and O–H groups in total. The molecule has 2 saturated heterocycles. The molecule has 0 spiro atoms. The normalized spacial score (nSPS) is 37.9. The van der Waals surface area contributed by atoms with Gasteiger partial charge in [0.05, 0.1) is 0 Å². The number of hydrogen-bond donors (Lipinski definition) is 1. The van der Waals surface area contributed by atoms with Crippen LogP contribution in [0.2, 0.25) is 0 Å². The predicted molar refractivity (Wildman–Crippen MR) is 47.1 cm³/mol. The average Bonchev–Trinajstić information content (AvgIpc) is 2.04. The molecule has 2 atom stereocenters. The maximum Gasteiger partial charge on any atom is 0.135 e. The van der Waals surface area contributed by atoms with Gasteiger partial charge < -0.3 is 5.32 Å². The first-order valence-corrected chi connectivity index (χ1v) is 4.75. The fraction of sp³-hybridized carbons (Fsp3) is 0.889. The first-order valence-electron chi connectivity index (χ1n) is 4.75. The van der Waals surface area contributed by atoms with Crippen LogP contribution in [0.5, 0.6) is 0 Å². The molecule has 3 heteroatoms. The van der Waals surface area contributed by atoms with E-state index in [1.54, 1.807) is 0 Å². The molecule has 0 amide bonds. The van der Waals surface area contributed by atoms with Crippen molar-refractivity contribution in [2.75, 3.05) is 19.6 Å². The zero-order chi connectivity index (χ0) is 8.55. The third-order valence-corrected chi connectivity index (χ3v) is 2.97. The molecule has 12 heavy (non-hydrogen) atoms. The van der Waals surface area contributed by atoms with E-state index in [-0.39, 0.29) is 0 Å². The van der Waals surface area contributed by atoms with Crippen LogP contribution in [0.15, 0.2) is 0 Å². The lowest BCUT2D eigenvalue weighted by Gasteiger charge is -2.43. The highest BCUT2D eigenvalue weighted by Crippen LogP contribution is 2.18. The van der Waals surface area contributed by atoms with Crippen molar-refractivity contribution in [3.8, 4) is 0 Å². The van der Waals surface area contributed by atoms with Crippen molar-refractivity contribution in [3.05, 3.63) is 0 Å². The number of piperazine rings is 1. The van der Waals surface area contributed by atoms with Gasteiger partial charge in [-0.15, -0.1) is 0 Å². The smallest absolute Gasteiger partial charge is 0.135 e. The second-order valence-corrected chi connectivity index (χ2v) is 3.89. The molecule has 0 saturated carbocycles. The van der Waals surface area contributed by atoms with E-state index in [0.717, 1.165) is 32.5 Å². The molecule has 3 nitrogen and oxygen atoms in total. The van der Waals surface area contributed by atoms with Crippen LogP contribution in [0.1, 0.15) is 19.8 Å². The van der Waals surface area contributed by atoms with Crippen LogP contribution in [-0.4, -0.2) is 42.4 Å². The zero-order valence-corrected chi connectivity index (χ0v) is 7.55. The Kier molecular flexibility index (Phi) is 2.15. The molecule has 2 heterocycles. The molecule has 1 unspecified atom stereocenters. The molecule has 0 aromatic rings. The van der Waals surface area contributed by atoms with Crippen molar-refractivity contribution in [1.82, 2.24) is 10.2 Å². The largest absolute Gasteiger partial charge is 0.314 e. The highest BCUT2D eigenvalue weighted by atomic mass is 16.1. The van der Waals surface area contributed by atoms with Gasteiger partial charge in [-0.1, -0.05) is 0 Å². The Bertz CT molecular complexity index is 193. The second kappa shape index (κ2) is 3.15. The van der Waals surface area contributed by atoms with Crippen LogP contribution < -0.4 is 5.32 Å². The third-order valence-electron chi connectivity index (χ3n) is 2.97. The Morgan fingerprint density at radius 2 is 2.33 bits per heavy atom. The van der Waals surface area contributed by atoms with Crippen LogP contribution in [0.4, 0.5) is 0 Å². The molecule has 2 aliphatic rings. The predicted octanol–water partition coefficient (Wildman–Crippen LogP) is 0.0116. The van der Waals surface area contributed by atoms with E-state index in [1.165, 1.54) is 0 Å². The van der Waals surface area contributed by atoms with Crippen molar-refractivity contribution >= 4 is 5.78 Å². The first kappa shape index (κ1) is 8.20. The fourth-order valence-electron chi connectivity index (χ4n) is 2.26. The number of nitrogens with one attached hydrogen (secondary N) is 1. The van der Waals surface area contributed by atoms with Crippen molar-refractivity contribution in [2.24, 2.45) is 0 Å². The second-order valence-electron chi connectivity index (χ2n) is 3.89. The van der Waals surface area contributed by atoms with Gasteiger partial charge in [-0.05, 0) is 6.92 Å². The van der Waals surface area contributed by atoms with Crippen LogP contribution in [0, 0.1) is 0 Å². The van der Waals surface area contributed by atoms with E-state index in [1.807, 2.05) is 0 Å². The maximum absolute atomic E-state index is 11.2. The molecule has 68 valence electrons. The van der Waals surface area contributed by atoms with Crippen molar-refractivity contribution in [3.63, 3.8) is 0 Å². The molecule has 2 aliphatic heterocycles. The Labute approximate surface area is 73.1 Å². The Morgan fingerprint density at radius 3 is 3.17 bits per heavy atom. The van der Waals surface area contributed by atoms with Crippen molar-refractivity contribution < 1.29 is 4.79 Å². The average molecular weight is 168 g/mol. The summed E-state index contributed by atoms with van der Waals surface area (Å²) < 4.78 is 0. The Morgan fingerprint density at radius 1 is 1.50 bits per heavy atom. The zero-order valence-electron chi connectivity index (χ0n) is 7.55. The number of Topliss-reactive ketones (excluding diaryl/α,β-unsaturated/α-hetero) is 1. The molecular formula is C9H16N2O. The van der Waals surface area contributed by atoms with E-state index in [0.29, 0.717) is 17.9 Å². The van der Waals surface area contributed by atoms with Gasteiger partial charge in [0.2, 0.25) is 0 Å². The van der Waals surface area contributed by atoms with Gasteiger partial charge in [0.15, 0.2) is 0 Å². The number of fused-ring (bicyclic) bond motifs is 1. The van der Waals surface area contributed by atoms with Gasteiger partial charge in [0.25, 0.3) is 0 Å². The van der Waals surface area contributed by atoms with E-state index in [9.17, 15) is 4.79 Å². The highest BCUT2D eigenvalue weighted by Gasteiger charge is 2.32. The van der Waals surface area contributed by atoms with Gasteiger partial charge >= 0.3 is 0 Å². The van der Waals surface area contributed by atoms with Gasteiger partial charge in [-0.25, -0.2) is 0 Å². The lowest BCUT2D eigenvalue weighted by molar-refractivity contribution is -0.124. The number of rotatable bonds is 0. The van der Waals surface area contributed by atoms with E-state index in [4.69, 9.17) is 0 Å². The first-order chi connectivity index (χ1) is 5.77. The van der Waals surface area contributed by atoms with Crippen molar-refractivity contribution in [1.29, 1.82) is 0 Å². The topological polar surface area (TPSA) is 32.3 Å². The van der Waals surface area contributed by atoms with E-state index < -0.39 is 0 Å². The van der Waals surface area contributed by atoms with Gasteiger partial charge in [-0.3, -0.25) is 9.69 Å². The fourth-order valence-corrected chi connectivity index (χ4v) is 2.26. The summed E-state index contributed by atoms with van der Waals surface area (Å²) in [7, 11) is 0. The summed E-state index contributed by atoms with van der Waals surface area (Å²) in [6.45, 7) is 5.28. The van der Waals surface area contributed by atoms with Crippen molar-refractivity contribution in [2.45, 2.75) is 31.8 Å². The molecule has 0 aromatic carbocycles. The quantitative estimate of drug-likeness (QED) is 0.553. The monoisotopic (exact) mass is 168 g/mol. The summed E-state index contributed by atoms with van der Waals surface area (Å²) >= 11 is 0. The van der Waals surface area contributed by atoms with E-state index >= 15 is 0 Å². The maximum atomic E-state index is 11.2. The number of carbonyl (C=O) groups is 1. The molecular weight excluding hydrogens is 152 g/mol. The standard InChI is InChI=1S/C9H16N2O/c1-7-5-10-6-8-4-9(12)2-3-11(7)8/h7-8,10H,2-6H2,1H3/t7-,8?/m1/s1. The minimum Gasteiger partial charge on any atom is -0.314 e. The van der Waals surface area contributed by atoms with E-state index in [2.05, 4.69) is 17.1 Å². The lowest BCUT2D eigenvalue weighted by atomic mass is 9.97. The summed E-state index contributed by atoms with van der Waals surface area (Å²) in [6, 6.07) is 1.09. The molecule has 0 aliphatic carbocycles. The number of hydrogen-bond acceptors (Lipinski definition) is 3. The third kappa shape index (κ3) is 1.39. The van der Waals surface area contributed by atoms with Gasteiger partial charge in [0.1, 0.15) is 5.78 Å². The summed E-state index contributed by atoms with van der Waals surface area (Å²) in [5.41, 5.74) is 0. The summed E-state index contributed by atoms with van der Waals surface area (Å²) in [5.74, 6) is 0.437. The molecule has 0 bridgehead atoms. The number of ketones is 1. The summed E-state index contributed by atoms with van der Waals surface area (Å²) in [4.78, 5) is 13.6. The number of carbonyl (C=O) groups excluding carboxylic acids is 1. The number of piperidine rings is 1. The van der Waals surface area contributed by atoms with Gasteiger partial charge in [-0.2, -0.15) is 0 Å². The lowest BCUT2D eigenvalue weighted by Crippen LogP contribution is -2.59. The highest BCUT2D eigenvalue weighted by molar-refractivity contribution is 5.80. The van der Waals surface area contributed by atoms with Crippen LogP contribution in [0.3, 0.4) is 0 Å². The minimum absolute atomic E-state index is 0.437. The summed E-state index contributed by atoms with van der Waals surface area (Å²) in [5, 5.41) is 3.36. The minimum atomic E-state index is 0.437. The van der Waals surface area contributed by atoms with Crippen LogP contribution in [0.25, 0.3) is 0 Å². The number of nitrogens with zero attached hydrogens (tertiary/aromatic N) is 1. The molecule has 0 radical (unpaired) electrons. The SMILES string of the molecule is C[C@@H]1CNCC2CC(=O)CCN21. The Hall–Kier alpha value is -0.410. The Balaban J connectivity index is 2.04. The molecule has 2 fully saturated rings.